The van der Waals surface area contributed by atoms with Crippen LogP contribution in [0, 0.1) is 10.1 Å². The minimum Gasteiger partial charge on any atom is -1.00 e. The van der Waals surface area contributed by atoms with Crippen molar-refractivity contribution in [1.29, 1.82) is 0 Å². The Balaban J connectivity index is -0.0000000800. The summed E-state index contributed by atoms with van der Waals surface area (Å²) in [7, 11) is 0. The fraction of sp³-hybridized carbons (Fsp3) is 0. The standard InChI is InChI=1S/CHN5O2.Na.2H2O.H/c7-6(8)1-2-4-5-3-1;;;;/h(H,2,3,4,5);;2*1H2;/q;+1;;;-1. The van der Waals surface area contributed by atoms with E-state index in [1.165, 1.54) is 0 Å². The Morgan fingerprint density at radius 2 is 2.09 bits per heavy atom. The second kappa shape index (κ2) is 7.50. The molecule has 9 nitrogen and oxygen atoms in total. The van der Waals surface area contributed by atoms with Crippen LogP contribution < -0.4 is 29.6 Å². The van der Waals surface area contributed by atoms with Crippen LogP contribution in [0.5, 0.6) is 0 Å². The molecule has 0 aliphatic rings. The normalized spacial score (nSPS) is 6.55. The summed E-state index contributed by atoms with van der Waals surface area (Å²) in [5, 5.41) is 20.7. The second-order valence-electron chi connectivity index (χ2n) is 0.969. The molecule has 0 saturated carbocycles. The van der Waals surface area contributed by atoms with Gasteiger partial charge in [0.1, 0.15) is 0 Å². The Hall–Kier alpha value is -0.610. The molecular formula is CH6N5NaO4. The summed E-state index contributed by atoms with van der Waals surface area (Å²) in [4.78, 5) is 8.95. The Morgan fingerprint density at radius 3 is 2.27 bits per heavy atom. The predicted molar refractivity (Wildman–Crippen MR) is 29.2 cm³/mol. The number of aromatic amines is 1. The minimum absolute atomic E-state index is 0. The molecule has 0 fully saturated rings. The van der Waals surface area contributed by atoms with Gasteiger partial charge in [0, 0.05) is 10.3 Å². The number of aromatic nitrogens is 4. The third-order valence-corrected chi connectivity index (χ3v) is 0.497. The average molecular weight is 175 g/mol. The second-order valence-corrected chi connectivity index (χ2v) is 0.969. The fourth-order valence-corrected chi connectivity index (χ4v) is 0.234. The Labute approximate surface area is 83.7 Å². The average Bonchev–Trinajstić information content (AvgIpc) is 2.12. The first-order valence-electron chi connectivity index (χ1n) is 1.68. The largest absolute Gasteiger partial charge is 1.00 e. The summed E-state index contributed by atoms with van der Waals surface area (Å²) in [6, 6.07) is 0. The first-order valence-corrected chi connectivity index (χ1v) is 1.68. The first kappa shape index (κ1) is 16.8. The number of H-pyrrole nitrogens is 1. The predicted octanol–water partition coefficient (Wildman–Crippen LogP) is -5.42. The zero-order valence-corrected chi connectivity index (χ0v) is 7.61. The van der Waals surface area contributed by atoms with Gasteiger partial charge in [-0.3, -0.25) is 0 Å². The molecular weight excluding hydrogens is 169 g/mol. The van der Waals surface area contributed by atoms with Crippen molar-refractivity contribution in [3.05, 3.63) is 10.1 Å². The molecule has 1 heterocycles. The number of hydrogen-bond donors (Lipinski definition) is 1. The Morgan fingerprint density at radius 1 is 1.55 bits per heavy atom. The number of nitrogens with one attached hydrogen (secondary N) is 1. The van der Waals surface area contributed by atoms with E-state index in [1.807, 2.05) is 5.21 Å². The van der Waals surface area contributed by atoms with Crippen molar-refractivity contribution < 1.29 is 46.9 Å². The first-order chi connectivity index (χ1) is 3.80. The van der Waals surface area contributed by atoms with E-state index in [0.717, 1.165) is 0 Å². The quantitative estimate of drug-likeness (QED) is 0.255. The number of nitro groups is 1. The van der Waals surface area contributed by atoms with Crippen molar-refractivity contribution in [2.24, 2.45) is 0 Å². The zero-order valence-electron chi connectivity index (χ0n) is 6.61. The Bertz CT molecular complexity index is 191. The smallest absolute Gasteiger partial charge is 1.00 e. The summed E-state index contributed by atoms with van der Waals surface area (Å²) in [6.45, 7) is 0. The van der Waals surface area contributed by atoms with E-state index in [0.29, 0.717) is 0 Å². The number of hydrogen-bond acceptors (Lipinski definition) is 5. The summed E-state index contributed by atoms with van der Waals surface area (Å²) in [5.74, 6) is -0.509. The molecule has 0 unspecified atom stereocenters. The van der Waals surface area contributed by atoms with Gasteiger partial charge in [-0.1, -0.05) is 5.21 Å². The monoisotopic (exact) mass is 175 g/mol. The molecule has 5 N–H and O–H groups in total. The van der Waals surface area contributed by atoms with Gasteiger partial charge in [-0.05, 0) is 4.92 Å². The van der Waals surface area contributed by atoms with E-state index in [4.69, 9.17) is 0 Å². The van der Waals surface area contributed by atoms with Crippen LogP contribution in [0.15, 0.2) is 0 Å². The molecule has 0 bridgehead atoms. The molecule has 0 amide bonds. The Kier molecular flexibility index (Phi) is 11.4. The van der Waals surface area contributed by atoms with Gasteiger partial charge >= 0.3 is 35.5 Å². The van der Waals surface area contributed by atoms with E-state index < -0.39 is 10.9 Å². The molecule has 1 rings (SSSR count). The molecule has 60 valence electrons. The van der Waals surface area contributed by atoms with Crippen molar-refractivity contribution in [2.75, 3.05) is 0 Å². The van der Waals surface area contributed by atoms with Crippen LogP contribution in [0.4, 0.5) is 5.95 Å². The van der Waals surface area contributed by atoms with Crippen molar-refractivity contribution in [3.8, 4) is 0 Å². The summed E-state index contributed by atoms with van der Waals surface area (Å²) < 4.78 is 0. The van der Waals surface area contributed by atoms with E-state index in [1.54, 1.807) is 0 Å². The third-order valence-electron chi connectivity index (χ3n) is 0.497. The summed E-state index contributed by atoms with van der Waals surface area (Å²) in [5.41, 5.74) is 0. The topological polar surface area (TPSA) is 161 Å². The molecule has 10 heteroatoms. The van der Waals surface area contributed by atoms with E-state index >= 15 is 0 Å². The maximum atomic E-state index is 9.68. The van der Waals surface area contributed by atoms with Crippen LogP contribution >= 0.6 is 0 Å². The van der Waals surface area contributed by atoms with Crippen LogP contribution in [0.25, 0.3) is 0 Å². The molecule has 0 atom stereocenters. The van der Waals surface area contributed by atoms with Crippen molar-refractivity contribution in [2.45, 2.75) is 0 Å². The van der Waals surface area contributed by atoms with E-state index in [9.17, 15) is 10.1 Å². The maximum absolute atomic E-state index is 9.68. The van der Waals surface area contributed by atoms with Crippen LogP contribution in [-0.2, 0) is 0 Å². The van der Waals surface area contributed by atoms with Crippen LogP contribution in [0.2, 0.25) is 0 Å². The van der Waals surface area contributed by atoms with Crippen LogP contribution in [0.3, 0.4) is 0 Å². The van der Waals surface area contributed by atoms with Crippen LogP contribution in [0.1, 0.15) is 1.43 Å². The molecule has 0 aromatic carbocycles. The van der Waals surface area contributed by atoms with Crippen molar-refractivity contribution in [3.63, 3.8) is 0 Å². The number of nitrogens with zero attached hydrogens (tertiary/aromatic N) is 4. The molecule has 1 aromatic heterocycles. The molecule has 11 heavy (non-hydrogen) atoms. The number of tetrazole rings is 1. The SMILES string of the molecule is O.O.O=[N+]([O-])c1nn[nH]n1.[H-].[Na+]. The van der Waals surface area contributed by atoms with Gasteiger partial charge in [-0.25, -0.2) is 0 Å². The molecule has 0 aliphatic heterocycles. The van der Waals surface area contributed by atoms with Crippen molar-refractivity contribution in [1.82, 2.24) is 20.6 Å². The fourth-order valence-electron chi connectivity index (χ4n) is 0.234. The summed E-state index contributed by atoms with van der Waals surface area (Å²) in [6.07, 6.45) is 0. The number of rotatable bonds is 1. The van der Waals surface area contributed by atoms with Gasteiger partial charge in [0.25, 0.3) is 0 Å². The van der Waals surface area contributed by atoms with Gasteiger partial charge in [0.05, 0.1) is 5.10 Å². The van der Waals surface area contributed by atoms with Gasteiger partial charge in [-0.2, -0.15) is 0 Å². The van der Waals surface area contributed by atoms with Crippen molar-refractivity contribution >= 4 is 5.95 Å². The summed E-state index contributed by atoms with van der Waals surface area (Å²) >= 11 is 0. The van der Waals surface area contributed by atoms with E-state index in [-0.39, 0.29) is 41.9 Å². The zero-order chi connectivity index (χ0) is 5.98. The van der Waals surface area contributed by atoms with Crippen LogP contribution in [-0.4, -0.2) is 36.5 Å². The maximum Gasteiger partial charge on any atom is 1.00 e. The van der Waals surface area contributed by atoms with Gasteiger partial charge in [0.2, 0.25) is 0 Å². The van der Waals surface area contributed by atoms with Gasteiger partial charge in [-0.15, -0.1) is 0 Å². The molecule has 0 spiro atoms. The third kappa shape index (κ3) is 4.75. The molecule has 0 radical (unpaired) electrons. The molecule has 1 aromatic rings. The van der Waals surface area contributed by atoms with Gasteiger partial charge in [0.15, 0.2) is 0 Å². The molecule has 0 aliphatic carbocycles. The van der Waals surface area contributed by atoms with E-state index in [2.05, 4.69) is 15.4 Å². The molecule has 0 saturated heterocycles. The minimum atomic E-state index is -0.733. The van der Waals surface area contributed by atoms with Gasteiger partial charge < -0.3 is 22.5 Å².